The van der Waals surface area contributed by atoms with Crippen molar-refractivity contribution in [1.82, 2.24) is 4.98 Å². The monoisotopic (exact) mass is 209 g/mol. The van der Waals surface area contributed by atoms with Gasteiger partial charge < -0.3 is 0 Å². The number of rotatable bonds is 0. The first-order valence-electron chi connectivity index (χ1n) is 4.72. The molecule has 2 heterocycles. The van der Waals surface area contributed by atoms with E-state index in [0.717, 1.165) is 0 Å². The number of hydrogen-bond acceptors (Lipinski definition) is 3. The third-order valence-corrected chi connectivity index (χ3v) is 4.96. The number of hydrogen-bond donors (Lipinski definition) is 0. The van der Waals surface area contributed by atoms with E-state index in [1.165, 1.54) is 40.2 Å². The van der Waals surface area contributed by atoms with E-state index in [-0.39, 0.29) is 0 Å². The molecule has 68 valence electrons. The van der Waals surface area contributed by atoms with Crippen LogP contribution in [0.15, 0.2) is 0 Å². The molecule has 1 aliphatic rings. The summed E-state index contributed by atoms with van der Waals surface area (Å²) in [6.07, 6.45) is 5.29. The number of fused-ring (bicyclic) bond motifs is 3. The molecule has 13 heavy (non-hydrogen) atoms. The maximum absolute atomic E-state index is 4.62. The minimum atomic E-state index is 1.22. The molecule has 2 aromatic heterocycles. The Morgan fingerprint density at radius 1 is 1.15 bits per heavy atom. The van der Waals surface area contributed by atoms with Gasteiger partial charge in [0.05, 0.1) is 10.5 Å². The van der Waals surface area contributed by atoms with Gasteiger partial charge in [-0.25, -0.2) is 4.98 Å². The molecule has 0 unspecified atom stereocenters. The second-order valence-corrected chi connectivity index (χ2v) is 6.15. The van der Waals surface area contributed by atoms with Crippen molar-refractivity contribution in [2.45, 2.75) is 32.6 Å². The maximum atomic E-state index is 4.62. The summed E-state index contributed by atoms with van der Waals surface area (Å²) < 4.78 is 1.45. The Morgan fingerprint density at radius 2 is 2.00 bits per heavy atom. The van der Waals surface area contributed by atoms with Crippen LogP contribution in [-0.2, 0) is 12.8 Å². The highest BCUT2D eigenvalue weighted by Crippen LogP contribution is 2.38. The van der Waals surface area contributed by atoms with Crippen LogP contribution in [0.3, 0.4) is 0 Å². The SMILES string of the molecule is Cc1nc2c3c(sc2s1)CCCC3. The molecule has 0 N–H and O–H groups in total. The lowest BCUT2D eigenvalue weighted by atomic mass is 9.99. The summed E-state index contributed by atoms with van der Waals surface area (Å²) in [5.74, 6) is 0. The molecular weight excluding hydrogens is 198 g/mol. The van der Waals surface area contributed by atoms with Crippen LogP contribution < -0.4 is 0 Å². The van der Waals surface area contributed by atoms with Crippen molar-refractivity contribution in [3.05, 3.63) is 15.4 Å². The standard InChI is InChI=1S/C10H11NS2/c1-6-11-9-7-4-2-3-5-8(7)13-10(9)12-6/h2-5H2,1H3. The van der Waals surface area contributed by atoms with Gasteiger partial charge in [-0.15, -0.1) is 22.7 Å². The molecule has 2 aromatic rings. The van der Waals surface area contributed by atoms with Crippen molar-refractivity contribution >= 4 is 32.2 Å². The van der Waals surface area contributed by atoms with E-state index in [4.69, 9.17) is 0 Å². The third-order valence-electron chi connectivity index (χ3n) is 2.62. The Morgan fingerprint density at radius 3 is 2.92 bits per heavy atom. The molecule has 0 saturated heterocycles. The van der Waals surface area contributed by atoms with Crippen molar-refractivity contribution in [3.8, 4) is 0 Å². The van der Waals surface area contributed by atoms with E-state index in [9.17, 15) is 0 Å². The second-order valence-electron chi connectivity index (χ2n) is 3.58. The van der Waals surface area contributed by atoms with Crippen LogP contribution >= 0.6 is 22.7 Å². The fourth-order valence-electron chi connectivity index (χ4n) is 2.02. The largest absolute Gasteiger partial charge is 0.240 e. The molecule has 0 fully saturated rings. The van der Waals surface area contributed by atoms with Gasteiger partial charge >= 0.3 is 0 Å². The summed E-state index contributed by atoms with van der Waals surface area (Å²) in [5.41, 5.74) is 2.89. The van der Waals surface area contributed by atoms with E-state index in [1.807, 2.05) is 22.7 Å². The van der Waals surface area contributed by atoms with Crippen LogP contribution in [0.25, 0.3) is 9.53 Å². The fraction of sp³-hybridized carbons (Fsp3) is 0.500. The van der Waals surface area contributed by atoms with Gasteiger partial charge in [-0.3, -0.25) is 0 Å². The van der Waals surface area contributed by atoms with Crippen molar-refractivity contribution in [1.29, 1.82) is 0 Å². The summed E-state index contributed by atoms with van der Waals surface area (Å²) in [4.78, 5) is 6.23. The zero-order valence-electron chi connectivity index (χ0n) is 7.59. The van der Waals surface area contributed by atoms with Gasteiger partial charge in [0.2, 0.25) is 0 Å². The molecule has 0 radical (unpaired) electrons. The molecule has 3 heteroatoms. The first kappa shape index (κ1) is 7.94. The Hall–Kier alpha value is -0.410. The first-order chi connectivity index (χ1) is 6.34. The van der Waals surface area contributed by atoms with Gasteiger partial charge in [-0.1, -0.05) is 0 Å². The van der Waals surface area contributed by atoms with Gasteiger partial charge in [0.15, 0.2) is 0 Å². The molecule has 0 bridgehead atoms. The molecule has 0 atom stereocenters. The molecule has 0 spiro atoms. The normalized spacial score (nSPS) is 16.4. The number of aryl methyl sites for hydroxylation is 3. The predicted molar refractivity (Wildman–Crippen MR) is 58.9 cm³/mol. The Balaban J connectivity index is 2.30. The van der Waals surface area contributed by atoms with Crippen LogP contribution in [0.5, 0.6) is 0 Å². The third kappa shape index (κ3) is 1.14. The lowest BCUT2D eigenvalue weighted by Crippen LogP contribution is -1.98. The molecule has 0 aromatic carbocycles. The van der Waals surface area contributed by atoms with Crippen molar-refractivity contribution in [2.75, 3.05) is 0 Å². The molecule has 1 nitrogen and oxygen atoms in total. The van der Waals surface area contributed by atoms with E-state index < -0.39 is 0 Å². The van der Waals surface area contributed by atoms with Crippen LogP contribution in [0.1, 0.15) is 28.3 Å². The zero-order chi connectivity index (χ0) is 8.84. The highest BCUT2D eigenvalue weighted by atomic mass is 32.2. The van der Waals surface area contributed by atoms with Crippen LogP contribution in [0, 0.1) is 6.92 Å². The first-order valence-corrected chi connectivity index (χ1v) is 6.35. The molecule has 0 saturated carbocycles. The van der Waals surface area contributed by atoms with Crippen LogP contribution in [-0.4, -0.2) is 4.98 Å². The highest BCUT2D eigenvalue weighted by Gasteiger charge is 2.18. The average molecular weight is 209 g/mol. The second kappa shape index (κ2) is 2.79. The van der Waals surface area contributed by atoms with Gasteiger partial charge in [-0.2, -0.15) is 0 Å². The lowest BCUT2D eigenvalue weighted by molar-refractivity contribution is 0.699. The number of thiazole rings is 1. The van der Waals surface area contributed by atoms with Gasteiger partial charge in [-0.05, 0) is 38.2 Å². The predicted octanol–water partition coefficient (Wildman–Crippen LogP) is 3.55. The van der Waals surface area contributed by atoms with Crippen molar-refractivity contribution in [2.24, 2.45) is 0 Å². The van der Waals surface area contributed by atoms with E-state index >= 15 is 0 Å². The molecule has 1 aliphatic carbocycles. The number of nitrogens with zero attached hydrogens (tertiary/aromatic N) is 1. The topological polar surface area (TPSA) is 12.9 Å². The van der Waals surface area contributed by atoms with E-state index in [1.54, 1.807) is 10.4 Å². The Kier molecular flexibility index (Phi) is 1.70. The highest BCUT2D eigenvalue weighted by molar-refractivity contribution is 7.38. The maximum Gasteiger partial charge on any atom is 0.107 e. The summed E-state index contributed by atoms with van der Waals surface area (Å²) >= 11 is 3.83. The summed E-state index contributed by atoms with van der Waals surface area (Å²) in [6.45, 7) is 2.10. The number of aromatic nitrogens is 1. The molecule has 0 aliphatic heterocycles. The lowest BCUT2D eigenvalue weighted by Gasteiger charge is -2.09. The summed E-state index contributed by atoms with van der Waals surface area (Å²) in [6, 6.07) is 0. The quantitative estimate of drug-likeness (QED) is 0.646. The van der Waals surface area contributed by atoms with Gasteiger partial charge in [0.1, 0.15) is 4.01 Å². The zero-order valence-corrected chi connectivity index (χ0v) is 9.23. The Bertz CT molecular complexity index is 453. The summed E-state index contributed by atoms with van der Waals surface area (Å²) in [5, 5.41) is 1.22. The fourth-order valence-corrected chi connectivity index (χ4v) is 4.58. The molecule has 0 amide bonds. The smallest absolute Gasteiger partial charge is 0.107 e. The minimum Gasteiger partial charge on any atom is -0.240 e. The van der Waals surface area contributed by atoms with Crippen LogP contribution in [0.4, 0.5) is 0 Å². The Labute approximate surface area is 85.4 Å². The van der Waals surface area contributed by atoms with Gasteiger partial charge in [0, 0.05) is 4.88 Å². The summed E-state index contributed by atoms with van der Waals surface area (Å²) in [7, 11) is 0. The van der Waals surface area contributed by atoms with Crippen LogP contribution in [0.2, 0.25) is 0 Å². The molecule has 3 rings (SSSR count). The number of thiophene rings is 1. The van der Waals surface area contributed by atoms with E-state index in [0.29, 0.717) is 0 Å². The molecular formula is C10H11NS2. The van der Waals surface area contributed by atoms with Crippen molar-refractivity contribution < 1.29 is 0 Å². The van der Waals surface area contributed by atoms with Gasteiger partial charge in [0.25, 0.3) is 0 Å². The van der Waals surface area contributed by atoms with E-state index in [2.05, 4.69) is 11.9 Å². The van der Waals surface area contributed by atoms with Crippen molar-refractivity contribution in [3.63, 3.8) is 0 Å². The average Bonchev–Trinajstić information content (AvgIpc) is 2.60. The minimum absolute atomic E-state index is 1.22.